The predicted molar refractivity (Wildman–Crippen MR) is 119 cm³/mol. The number of benzene rings is 1. The maximum atomic E-state index is 12.9. The molecule has 7 heteroatoms. The number of anilines is 2. The highest BCUT2D eigenvalue weighted by atomic mass is 32.2. The lowest BCUT2D eigenvalue weighted by Gasteiger charge is -2.32. The normalized spacial score (nSPS) is 20.4. The van der Waals surface area contributed by atoms with E-state index in [-0.39, 0.29) is 11.8 Å². The van der Waals surface area contributed by atoms with Gasteiger partial charge in [0, 0.05) is 62.3 Å². The van der Waals surface area contributed by atoms with Gasteiger partial charge in [-0.1, -0.05) is 12.1 Å². The zero-order valence-electron chi connectivity index (χ0n) is 17.0. The van der Waals surface area contributed by atoms with Crippen LogP contribution in [0.3, 0.4) is 0 Å². The molecule has 1 amide bonds. The second-order valence-electron chi connectivity index (χ2n) is 7.86. The largest absolute Gasteiger partial charge is 0.340 e. The van der Waals surface area contributed by atoms with E-state index in [4.69, 9.17) is 0 Å². The lowest BCUT2D eigenvalue weighted by molar-refractivity contribution is -0.120. The third-order valence-corrected chi connectivity index (χ3v) is 6.63. The number of thioether (sulfide) groups is 1. The maximum absolute atomic E-state index is 12.9. The lowest BCUT2D eigenvalue weighted by atomic mass is 9.97. The molecule has 4 rings (SSSR count). The highest BCUT2D eigenvalue weighted by Crippen LogP contribution is 2.24. The lowest BCUT2D eigenvalue weighted by Crippen LogP contribution is -2.41. The van der Waals surface area contributed by atoms with Gasteiger partial charge in [-0.05, 0) is 43.0 Å². The van der Waals surface area contributed by atoms with Crippen molar-refractivity contribution < 1.29 is 4.79 Å². The quantitative estimate of drug-likeness (QED) is 0.815. The van der Waals surface area contributed by atoms with Crippen molar-refractivity contribution >= 4 is 29.3 Å². The number of hydrogen-bond acceptors (Lipinski definition) is 6. The molecule has 0 spiro atoms. The highest BCUT2D eigenvalue weighted by molar-refractivity contribution is 7.99. The summed E-state index contributed by atoms with van der Waals surface area (Å²) in [5.41, 5.74) is 3.36. The van der Waals surface area contributed by atoms with Crippen molar-refractivity contribution in [3.63, 3.8) is 0 Å². The fraction of sp³-hybridized carbons (Fsp3) is 0.500. The summed E-state index contributed by atoms with van der Waals surface area (Å²) in [4.78, 5) is 26.2. The molecule has 6 nitrogen and oxygen atoms in total. The van der Waals surface area contributed by atoms with Crippen LogP contribution >= 0.6 is 11.8 Å². The molecular weight excluding hydrogens is 382 g/mol. The molecule has 29 heavy (non-hydrogen) atoms. The molecule has 154 valence electrons. The van der Waals surface area contributed by atoms with Gasteiger partial charge >= 0.3 is 0 Å². The Morgan fingerprint density at radius 1 is 1.21 bits per heavy atom. The molecule has 0 aliphatic carbocycles. The van der Waals surface area contributed by atoms with Gasteiger partial charge in [-0.25, -0.2) is 9.97 Å². The SMILES string of the molecule is Cc1cc(CN2CCSCC2)ccc1NC(=O)C1CCCN(c2ncccn2)C1. The van der Waals surface area contributed by atoms with Crippen LogP contribution < -0.4 is 10.2 Å². The fourth-order valence-electron chi connectivity index (χ4n) is 4.04. The average Bonchev–Trinajstić information content (AvgIpc) is 2.77. The molecule has 0 radical (unpaired) electrons. The third kappa shape index (κ3) is 5.28. The van der Waals surface area contributed by atoms with Crippen LogP contribution in [-0.2, 0) is 11.3 Å². The standard InChI is InChI=1S/C22H29N5OS/c1-17-14-18(15-26-10-12-29-13-11-26)5-6-20(17)25-21(28)19-4-2-9-27(16-19)22-23-7-3-8-24-22/h3,5-8,14,19H,2,4,9-13,15-16H2,1H3,(H,25,28). The summed E-state index contributed by atoms with van der Waals surface area (Å²) in [5, 5.41) is 3.16. The van der Waals surface area contributed by atoms with Crippen molar-refractivity contribution in [2.24, 2.45) is 5.92 Å². The zero-order chi connectivity index (χ0) is 20.1. The van der Waals surface area contributed by atoms with E-state index in [0.717, 1.165) is 50.3 Å². The van der Waals surface area contributed by atoms with Crippen molar-refractivity contribution in [3.05, 3.63) is 47.8 Å². The number of aryl methyl sites for hydroxylation is 1. The van der Waals surface area contributed by atoms with E-state index >= 15 is 0 Å². The smallest absolute Gasteiger partial charge is 0.229 e. The fourth-order valence-corrected chi connectivity index (χ4v) is 5.02. The summed E-state index contributed by atoms with van der Waals surface area (Å²) in [6.45, 7) is 6.95. The Bertz CT molecular complexity index is 825. The minimum Gasteiger partial charge on any atom is -0.340 e. The van der Waals surface area contributed by atoms with Gasteiger partial charge in [0.25, 0.3) is 0 Å². The number of rotatable bonds is 5. The van der Waals surface area contributed by atoms with E-state index in [1.54, 1.807) is 12.4 Å². The van der Waals surface area contributed by atoms with Gasteiger partial charge in [0.15, 0.2) is 0 Å². The Kier molecular flexibility index (Phi) is 6.67. The van der Waals surface area contributed by atoms with Gasteiger partial charge in [0.2, 0.25) is 11.9 Å². The van der Waals surface area contributed by atoms with Crippen LogP contribution in [0.15, 0.2) is 36.7 Å². The van der Waals surface area contributed by atoms with Gasteiger partial charge in [-0.15, -0.1) is 0 Å². The number of aromatic nitrogens is 2. The van der Waals surface area contributed by atoms with Crippen molar-refractivity contribution in [1.82, 2.24) is 14.9 Å². The number of nitrogens with one attached hydrogen (secondary N) is 1. The molecule has 2 aromatic rings. The van der Waals surface area contributed by atoms with Crippen molar-refractivity contribution in [2.45, 2.75) is 26.3 Å². The Balaban J connectivity index is 1.36. The van der Waals surface area contributed by atoms with E-state index in [1.807, 2.05) is 17.8 Å². The van der Waals surface area contributed by atoms with Crippen LogP contribution in [0.1, 0.15) is 24.0 Å². The molecule has 2 fully saturated rings. The molecular formula is C22H29N5OS. The first-order chi connectivity index (χ1) is 14.2. The molecule has 1 atom stereocenters. The number of carbonyl (C=O) groups excluding carboxylic acids is 1. The molecule has 1 aromatic heterocycles. The summed E-state index contributed by atoms with van der Waals surface area (Å²) >= 11 is 2.03. The molecule has 1 N–H and O–H groups in total. The number of hydrogen-bond donors (Lipinski definition) is 1. The molecule has 0 saturated carbocycles. The van der Waals surface area contributed by atoms with Crippen LogP contribution in [0.25, 0.3) is 0 Å². The van der Waals surface area contributed by atoms with E-state index < -0.39 is 0 Å². The van der Waals surface area contributed by atoms with Crippen molar-refractivity contribution in [3.8, 4) is 0 Å². The number of piperidine rings is 1. The maximum Gasteiger partial charge on any atom is 0.229 e. The van der Waals surface area contributed by atoms with Gasteiger partial charge in [-0.3, -0.25) is 9.69 Å². The molecule has 2 saturated heterocycles. The molecule has 1 unspecified atom stereocenters. The zero-order valence-corrected chi connectivity index (χ0v) is 17.8. The van der Waals surface area contributed by atoms with Crippen LogP contribution in [0.5, 0.6) is 0 Å². The first-order valence-electron chi connectivity index (χ1n) is 10.4. The summed E-state index contributed by atoms with van der Waals surface area (Å²) < 4.78 is 0. The Hall–Kier alpha value is -2.12. The minimum absolute atomic E-state index is 0.0440. The van der Waals surface area contributed by atoms with Crippen LogP contribution in [0.2, 0.25) is 0 Å². The van der Waals surface area contributed by atoms with Crippen molar-refractivity contribution in [2.75, 3.05) is 47.9 Å². The summed E-state index contributed by atoms with van der Waals surface area (Å²) in [5.74, 6) is 3.20. The summed E-state index contributed by atoms with van der Waals surface area (Å²) in [6.07, 6.45) is 5.38. The minimum atomic E-state index is -0.0440. The van der Waals surface area contributed by atoms with E-state index in [2.05, 4.69) is 50.2 Å². The van der Waals surface area contributed by atoms with Gasteiger partial charge in [-0.2, -0.15) is 11.8 Å². The van der Waals surface area contributed by atoms with Crippen LogP contribution in [0.4, 0.5) is 11.6 Å². The van der Waals surface area contributed by atoms with Gasteiger partial charge in [0.05, 0.1) is 5.92 Å². The Morgan fingerprint density at radius 3 is 2.76 bits per heavy atom. The molecule has 2 aliphatic rings. The summed E-state index contributed by atoms with van der Waals surface area (Å²) in [7, 11) is 0. The van der Waals surface area contributed by atoms with Crippen molar-refractivity contribution in [1.29, 1.82) is 0 Å². The molecule has 0 bridgehead atoms. The van der Waals surface area contributed by atoms with Crippen LogP contribution in [0, 0.1) is 12.8 Å². The third-order valence-electron chi connectivity index (χ3n) is 5.69. The monoisotopic (exact) mass is 411 g/mol. The molecule has 3 heterocycles. The number of nitrogens with zero attached hydrogens (tertiary/aromatic N) is 4. The second-order valence-corrected chi connectivity index (χ2v) is 9.09. The topological polar surface area (TPSA) is 61.4 Å². The second kappa shape index (κ2) is 9.59. The van der Waals surface area contributed by atoms with E-state index in [9.17, 15) is 4.79 Å². The average molecular weight is 412 g/mol. The summed E-state index contributed by atoms with van der Waals surface area (Å²) in [6, 6.07) is 8.23. The number of amides is 1. The molecule has 2 aliphatic heterocycles. The van der Waals surface area contributed by atoms with E-state index in [1.165, 1.54) is 17.1 Å². The highest BCUT2D eigenvalue weighted by Gasteiger charge is 2.27. The Labute approximate surface area is 177 Å². The number of carbonyl (C=O) groups is 1. The first-order valence-corrected chi connectivity index (χ1v) is 11.6. The van der Waals surface area contributed by atoms with Crippen LogP contribution in [-0.4, -0.2) is 58.5 Å². The van der Waals surface area contributed by atoms with Gasteiger partial charge in [0.1, 0.15) is 0 Å². The Morgan fingerprint density at radius 2 is 2.00 bits per heavy atom. The van der Waals surface area contributed by atoms with Gasteiger partial charge < -0.3 is 10.2 Å². The van der Waals surface area contributed by atoms with E-state index in [0.29, 0.717) is 12.5 Å². The first kappa shape index (κ1) is 20.2. The predicted octanol–water partition coefficient (Wildman–Crippen LogP) is 3.19. The molecule has 1 aromatic carbocycles.